The van der Waals surface area contributed by atoms with E-state index in [4.69, 9.17) is 25.5 Å². The van der Waals surface area contributed by atoms with Crippen LogP contribution in [0.4, 0.5) is 5.13 Å². The highest BCUT2D eigenvalue weighted by Gasteiger charge is 2.47. The zero-order valence-corrected chi connectivity index (χ0v) is 25.3. The van der Waals surface area contributed by atoms with Crippen LogP contribution < -0.4 is 14.4 Å². The molecule has 0 saturated carbocycles. The normalized spacial score (nSPS) is 15.0. The van der Waals surface area contributed by atoms with E-state index in [1.54, 1.807) is 24.3 Å². The van der Waals surface area contributed by atoms with Crippen LogP contribution in [0.25, 0.3) is 0 Å². The molecular formula is C30H28ClN3O6S2. The smallest absolute Gasteiger partial charge is 0.296 e. The first kappa shape index (κ1) is 29.7. The number of aliphatic hydroxyl groups is 1. The SMILES string of the molecule is CCCCOc1ccc(C2C(C(=O)c3ccco3)=C(O)C(=O)N2c2nnc(SCc3ccc(Cl)cc3)s2)cc1OCC. The fourth-order valence-corrected chi connectivity index (χ4v) is 6.33. The molecular weight excluding hydrogens is 598 g/mol. The second kappa shape index (κ2) is 13.5. The highest BCUT2D eigenvalue weighted by molar-refractivity contribution is 8.00. The van der Waals surface area contributed by atoms with Gasteiger partial charge >= 0.3 is 0 Å². The highest BCUT2D eigenvalue weighted by Crippen LogP contribution is 2.45. The summed E-state index contributed by atoms with van der Waals surface area (Å²) in [6.07, 6.45) is 3.22. The van der Waals surface area contributed by atoms with Gasteiger partial charge in [0, 0.05) is 10.8 Å². The Morgan fingerprint density at radius 3 is 2.64 bits per heavy atom. The molecule has 218 valence electrons. The summed E-state index contributed by atoms with van der Waals surface area (Å²) in [4.78, 5) is 28.4. The first-order chi connectivity index (χ1) is 20.4. The molecule has 2 aromatic heterocycles. The van der Waals surface area contributed by atoms with Gasteiger partial charge in [-0.1, -0.05) is 66.2 Å². The maximum Gasteiger partial charge on any atom is 0.296 e. The first-order valence-corrected chi connectivity index (χ1v) is 15.5. The van der Waals surface area contributed by atoms with E-state index in [0.29, 0.717) is 45.4 Å². The van der Waals surface area contributed by atoms with Crippen molar-refractivity contribution in [2.24, 2.45) is 0 Å². The third kappa shape index (κ3) is 6.33. The lowest BCUT2D eigenvalue weighted by molar-refractivity contribution is -0.117. The van der Waals surface area contributed by atoms with Crippen LogP contribution in [0.15, 0.2) is 80.9 Å². The van der Waals surface area contributed by atoms with Crippen LogP contribution in [0.2, 0.25) is 5.02 Å². The summed E-state index contributed by atoms with van der Waals surface area (Å²) in [5.74, 6) is -0.417. The Bertz CT molecular complexity index is 1590. The Labute approximate surface area is 256 Å². The Hall–Kier alpha value is -3.80. The van der Waals surface area contributed by atoms with Crippen molar-refractivity contribution in [3.8, 4) is 11.5 Å². The fourth-order valence-electron chi connectivity index (χ4n) is 4.38. The molecule has 9 nitrogen and oxygen atoms in total. The molecule has 0 bridgehead atoms. The zero-order valence-electron chi connectivity index (χ0n) is 22.9. The quantitative estimate of drug-likeness (QED) is 0.0700. The molecule has 0 aliphatic carbocycles. The van der Waals surface area contributed by atoms with Crippen molar-refractivity contribution < 1.29 is 28.6 Å². The lowest BCUT2D eigenvalue weighted by Crippen LogP contribution is -2.31. The highest BCUT2D eigenvalue weighted by atomic mass is 35.5. The molecule has 5 rings (SSSR count). The first-order valence-electron chi connectivity index (χ1n) is 13.4. The molecule has 1 unspecified atom stereocenters. The predicted octanol–water partition coefficient (Wildman–Crippen LogP) is 7.44. The molecule has 1 atom stereocenters. The van der Waals surface area contributed by atoms with E-state index in [9.17, 15) is 14.7 Å². The van der Waals surface area contributed by atoms with Crippen molar-refractivity contribution >= 4 is 51.5 Å². The maximum absolute atomic E-state index is 13.6. The van der Waals surface area contributed by atoms with Gasteiger partial charge in [-0.15, -0.1) is 10.2 Å². The topological polar surface area (TPSA) is 115 Å². The molecule has 1 aliphatic rings. The summed E-state index contributed by atoms with van der Waals surface area (Å²) in [5.41, 5.74) is 1.45. The molecule has 0 saturated heterocycles. The molecule has 1 amide bonds. The number of furan rings is 1. The van der Waals surface area contributed by atoms with Crippen LogP contribution in [-0.2, 0) is 10.5 Å². The van der Waals surface area contributed by atoms with Crippen LogP contribution >= 0.6 is 34.7 Å². The molecule has 3 heterocycles. The number of aliphatic hydroxyl groups excluding tert-OH is 1. The van der Waals surface area contributed by atoms with Gasteiger partial charge in [-0.3, -0.25) is 14.5 Å². The largest absolute Gasteiger partial charge is 0.503 e. The van der Waals surface area contributed by atoms with E-state index in [1.165, 1.54) is 40.3 Å². The van der Waals surface area contributed by atoms with Gasteiger partial charge in [0.25, 0.3) is 5.91 Å². The molecule has 12 heteroatoms. The Balaban J connectivity index is 1.51. The number of hydrogen-bond acceptors (Lipinski definition) is 10. The third-order valence-corrected chi connectivity index (χ3v) is 8.79. The number of hydrogen-bond donors (Lipinski definition) is 1. The van der Waals surface area contributed by atoms with Crippen LogP contribution in [-0.4, -0.2) is 40.2 Å². The van der Waals surface area contributed by atoms with Crippen molar-refractivity contribution in [1.29, 1.82) is 0 Å². The Morgan fingerprint density at radius 2 is 1.93 bits per heavy atom. The Kier molecular flexibility index (Phi) is 9.51. The predicted molar refractivity (Wildman–Crippen MR) is 162 cm³/mol. The minimum atomic E-state index is -1.01. The number of Topliss-reactive ketones (excluding diaryl/α,β-unsaturated/α-hetero) is 1. The molecule has 0 fully saturated rings. The second-order valence-electron chi connectivity index (χ2n) is 9.25. The molecule has 2 aromatic carbocycles. The number of amides is 1. The lowest BCUT2D eigenvalue weighted by atomic mass is 9.95. The van der Waals surface area contributed by atoms with Crippen LogP contribution in [0, 0.1) is 0 Å². The number of nitrogens with zero attached hydrogens (tertiary/aromatic N) is 3. The standard InChI is InChI=1S/C30H28ClN3O6S2/c1-3-5-14-39-21-13-10-19(16-23(21)38-4-2)25-24(26(35)22-7-6-15-40-22)27(36)28(37)34(25)29-32-33-30(42-29)41-17-18-8-11-20(31)12-9-18/h6-13,15-16,25,36H,3-5,14,17H2,1-2H3. The number of anilines is 1. The van der Waals surface area contributed by atoms with Gasteiger partial charge in [0.1, 0.15) is 0 Å². The average molecular weight is 626 g/mol. The number of benzene rings is 2. The summed E-state index contributed by atoms with van der Waals surface area (Å²) < 4.78 is 17.7. The van der Waals surface area contributed by atoms with Crippen LogP contribution in [0.3, 0.4) is 0 Å². The zero-order chi connectivity index (χ0) is 29.6. The number of thioether (sulfide) groups is 1. The minimum absolute atomic E-state index is 0.00257. The number of unbranched alkanes of at least 4 members (excludes halogenated alkanes) is 1. The summed E-state index contributed by atoms with van der Waals surface area (Å²) >= 11 is 8.64. The molecule has 1 aliphatic heterocycles. The molecule has 42 heavy (non-hydrogen) atoms. The van der Waals surface area contributed by atoms with Gasteiger partial charge in [0.2, 0.25) is 10.9 Å². The van der Waals surface area contributed by atoms with Gasteiger partial charge in [-0.2, -0.15) is 0 Å². The van der Waals surface area contributed by atoms with Crippen molar-refractivity contribution in [3.05, 3.63) is 94.1 Å². The number of ketones is 1. The van der Waals surface area contributed by atoms with E-state index in [0.717, 1.165) is 18.4 Å². The third-order valence-electron chi connectivity index (χ3n) is 6.41. The monoisotopic (exact) mass is 625 g/mol. The van der Waals surface area contributed by atoms with Crippen molar-refractivity contribution in [2.45, 2.75) is 42.8 Å². The van der Waals surface area contributed by atoms with Crippen LogP contribution in [0.5, 0.6) is 11.5 Å². The van der Waals surface area contributed by atoms with Gasteiger partial charge in [-0.25, -0.2) is 0 Å². The van der Waals surface area contributed by atoms with E-state index >= 15 is 0 Å². The molecule has 0 radical (unpaired) electrons. The molecule has 1 N–H and O–H groups in total. The molecule has 4 aromatic rings. The Morgan fingerprint density at radius 1 is 1.12 bits per heavy atom. The summed E-state index contributed by atoms with van der Waals surface area (Å²) in [6.45, 7) is 4.84. The maximum atomic E-state index is 13.6. The number of rotatable bonds is 13. The summed E-state index contributed by atoms with van der Waals surface area (Å²) in [6, 6.07) is 14.8. The van der Waals surface area contributed by atoms with Gasteiger partial charge in [0.05, 0.1) is 31.1 Å². The number of aromatic nitrogens is 2. The van der Waals surface area contributed by atoms with Crippen molar-refractivity contribution in [1.82, 2.24) is 10.2 Å². The number of ether oxygens (including phenoxy) is 2. The van der Waals surface area contributed by atoms with Gasteiger partial charge < -0.3 is 19.0 Å². The summed E-state index contributed by atoms with van der Waals surface area (Å²) in [7, 11) is 0. The van der Waals surface area contributed by atoms with E-state index in [1.807, 2.05) is 31.2 Å². The summed E-state index contributed by atoms with van der Waals surface area (Å²) in [5, 5.41) is 20.5. The second-order valence-corrected chi connectivity index (χ2v) is 11.9. The van der Waals surface area contributed by atoms with E-state index in [-0.39, 0.29) is 16.5 Å². The number of halogens is 1. The van der Waals surface area contributed by atoms with Crippen molar-refractivity contribution in [2.75, 3.05) is 18.1 Å². The molecule has 0 spiro atoms. The number of carbonyl (C=O) groups is 2. The fraction of sp³-hybridized carbons (Fsp3) is 0.267. The average Bonchev–Trinajstić information content (AvgIpc) is 3.74. The minimum Gasteiger partial charge on any atom is -0.503 e. The van der Waals surface area contributed by atoms with E-state index < -0.39 is 23.5 Å². The van der Waals surface area contributed by atoms with Crippen LogP contribution in [0.1, 0.15) is 54.4 Å². The van der Waals surface area contributed by atoms with Gasteiger partial charge in [0.15, 0.2) is 27.4 Å². The van der Waals surface area contributed by atoms with Gasteiger partial charge in [-0.05, 0) is 60.9 Å². The van der Waals surface area contributed by atoms with E-state index in [2.05, 4.69) is 17.1 Å². The number of carbonyl (C=O) groups excluding carboxylic acids is 2. The van der Waals surface area contributed by atoms with Crippen molar-refractivity contribution in [3.63, 3.8) is 0 Å². The lowest BCUT2D eigenvalue weighted by Gasteiger charge is -2.24.